The van der Waals surface area contributed by atoms with Crippen molar-refractivity contribution in [2.24, 2.45) is 0 Å². The predicted molar refractivity (Wildman–Crippen MR) is 72.1 cm³/mol. The van der Waals surface area contributed by atoms with Crippen molar-refractivity contribution in [3.63, 3.8) is 0 Å². The van der Waals surface area contributed by atoms with Gasteiger partial charge in [0, 0.05) is 10.9 Å². The van der Waals surface area contributed by atoms with E-state index in [9.17, 15) is 9.90 Å². The van der Waals surface area contributed by atoms with E-state index in [4.69, 9.17) is 0 Å². The maximum absolute atomic E-state index is 11.2. The van der Waals surface area contributed by atoms with Crippen LogP contribution < -0.4 is 0 Å². The van der Waals surface area contributed by atoms with E-state index in [0.717, 1.165) is 35.9 Å². The summed E-state index contributed by atoms with van der Waals surface area (Å²) in [7, 11) is 4.04. The molecule has 0 amide bonds. The molecular weight excluding hydrogens is 228 g/mol. The zero-order valence-electron chi connectivity index (χ0n) is 10.7. The van der Waals surface area contributed by atoms with E-state index >= 15 is 0 Å². The van der Waals surface area contributed by atoms with Gasteiger partial charge in [0.05, 0.1) is 0 Å². The average molecular weight is 246 g/mol. The first kappa shape index (κ1) is 12.6. The average Bonchev–Trinajstić information content (AvgIpc) is 2.68. The summed E-state index contributed by atoms with van der Waals surface area (Å²) in [6, 6.07) is 7.74. The highest BCUT2D eigenvalue weighted by Gasteiger charge is 2.16. The Kier molecular flexibility index (Phi) is 3.67. The van der Waals surface area contributed by atoms with Crippen LogP contribution in [0.15, 0.2) is 24.3 Å². The number of aromatic nitrogens is 1. The number of para-hydroxylation sites is 1. The Morgan fingerprint density at radius 3 is 2.72 bits per heavy atom. The Labute approximate surface area is 106 Å². The molecule has 1 aromatic heterocycles. The van der Waals surface area contributed by atoms with Crippen LogP contribution >= 0.6 is 0 Å². The number of hydrogen-bond donors (Lipinski definition) is 2. The highest BCUT2D eigenvalue weighted by molar-refractivity contribution is 5.97. The number of fused-ring (bicyclic) bond motifs is 1. The van der Waals surface area contributed by atoms with Crippen molar-refractivity contribution in [1.29, 1.82) is 0 Å². The normalized spacial score (nSPS) is 11.3. The SMILES string of the molecule is CN(C)CCCc1c(C(=O)O)[nH]c2ccccc12. The second kappa shape index (κ2) is 5.23. The zero-order valence-corrected chi connectivity index (χ0v) is 10.7. The van der Waals surface area contributed by atoms with Gasteiger partial charge >= 0.3 is 5.97 Å². The number of aromatic carboxylic acids is 1. The molecule has 0 aliphatic carbocycles. The number of H-pyrrole nitrogens is 1. The first-order valence-electron chi connectivity index (χ1n) is 6.07. The molecule has 2 aromatic rings. The van der Waals surface area contributed by atoms with Gasteiger partial charge in [0.15, 0.2) is 0 Å². The van der Waals surface area contributed by atoms with Crippen LogP contribution in [-0.2, 0) is 6.42 Å². The standard InChI is InChI=1S/C14H18N2O2/c1-16(2)9-5-7-11-10-6-3-4-8-12(10)15-13(11)14(17)18/h3-4,6,8,15H,5,7,9H2,1-2H3,(H,17,18). The number of carboxylic acids is 1. The summed E-state index contributed by atoms with van der Waals surface area (Å²) in [5.74, 6) is -0.883. The first-order valence-corrected chi connectivity index (χ1v) is 6.07. The highest BCUT2D eigenvalue weighted by atomic mass is 16.4. The summed E-state index contributed by atoms with van der Waals surface area (Å²) in [6.45, 7) is 0.957. The number of nitrogens with zero attached hydrogens (tertiary/aromatic N) is 1. The summed E-state index contributed by atoms with van der Waals surface area (Å²) < 4.78 is 0. The Bertz CT molecular complexity index is 558. The second-order valence-corrected chi connectivity index (χ2v) is 4.74. The van der Waals surface area contributed by atoms with Crippen LogP contribution in [0.2, 0.25) is 0 Å². The van der Waals surface area contributed by atoms with Crippen molar-refractivity contribution < 1.29 is 9.90 Å². The smallest absolute Gasteiger partial charge is 0.352 e. The third-order valence-electron chi connectivity index (χ3n) is 3.06. The van der Waals surface area contributed by atoms with Crippen molar-refractivity contribution in [2.75, 3.05) is 20.6 Å². The molecular formula is C14H18N2O2. The van der Waals surface area contributed by atoms with E-state index in [0.29, 0.717) is 5.69 Å². The Hall–Kier alpha value is -1.81. The number of rotatable bonds is 5. The van der Waals surface area contributed by atoms with Crippen LogP contribution in [0.3, 0.4) is 0 Å². The lowest BCUT2D eigenvalue weighted by Gasteiger charge is -2.08. The topological polar surface area (TPSA) is 56.3 Å². The molecule has 4 nitrogen and oxygen atoms in total. The van der Waals surface area contributed by atoms with Gasteiger partial charge in [-0.1, -0.05) is 18.2 Å². The van der Waals surface area contributed by atoms with Gasteiger partial charge in [0.1, 0.15) is 5.69 Å². The van der Waals surface area contributed by atoms with Crippen LogP contribution in [-0.4, -0.2) is 41.6 Å². The maximum atomic E-state index is 11.2. The number of hydrogen-bond acceptors (Lipinski definition) is 2. The van der Waals surface area contributed by atoms with Crippen LogP contribution in [0.4, 0.5) is 0 Å². The van der Waals surface area contributed by atoms with Crippen LogP contribution in [0.5, 0.6) is 0 Å². The van der Waals surface area contributed by atoms with Crippen LogP contribution in [0.25, 0.3) is 10.9 Å². The van der Waals surface area contributed by atoms with Crippen LogP contribution in [0.1, 0.15) is 22.5 Å². The van der Waals surface area contributed by atoms with Crippen molar-refractivity contribution in [3.05, 3.63) is 35.5 Å². The number of carbonyl (C=O) groups is 1. The summed E-state index contributed by atoms with van der Waals surface area (Å²) in [5.41, 5.74) is 2.14. The minimum absolute atomic E-state index is 0.329. The van der Waals surface area contributed by atoms with Gasteiger partial charge in [-0.2, -0.15) is 0 Å². The molecule has 4 heteroatoms. The third-order valence-corrected chi connectivity index (χ3v) is 3.06. The molecule has 0 fully saturated rings. The predicted octanol–water partition coefficient (Wildman–Crippen LogP) is 2.36. The third kappa shape index (κ3) is 2.54. The fourth-order valence-electron chi connectivity index (χ4n) is 2.21. The molecule has 1 heterocycles. The van der Waals surface area contributed by atoms with Crippen molar-refractivity contribution in [2.45, 2.75) is 12.8 Å². The molecule has 0 saturated heterocycles. The van der Waals surface area contributed by atoms with E-state index in [1.807, 2.05) is 38.4 Å². The van der Waals surface area contributed by atoms with Gasteiger partial charge in [-0.25, -0.2) is 4.79 Å². The molecule has 2 rings (SSSR count). The first-order chi connectivity index (χ1) is 8.59. The lowest BCUT2D eigenvalue weighted by atomic mass is 10.1. The number of aromatic amines is 1. The molecule has 2 N–H and O–H groups in total. The number of nitrogens with one attached hydrogen (secondary N) is 1. The second-order valence-electron chi connectivity index (χ2n) is 4.74. The van der Waals surface area contributed by atoms with E-state index in [-0.39, 0.29) is 0 Å². The molecule has 0 unspecified atom stereocenters. The fraction of sp³-hybridized carbons (Fsp3) is 0.357. The molecule has 0 aliphatic rings. The molecule has 1 aromatic carbocycles. The van der Waals surface area contributed by atoms with Gasteiger partial charge < -0.3 is 15.0 Å². The Balaban J connectivity index is 2.33. The van der Waals surface area contributed by atoms with E-state index in [2.05, 4.69) is 9.88 Å². The highest BCUT2D eigenvalue weighted by Crippen LogP contribution is 2.23. The largest absolute Gasteiger partial charge is 0.477 e. The molecule has 96 valence electrons. The Morgan fingerprint density at radius 1 is 1.33 bits per heavy atom. The summed E-state index contributed by atoms with van der Waals surface area (Å²) in [6.07, 6.45) is 1.74. The minimum Gasteiger partial charge on any atom is -0.477 e. The van der Waals surface area contributed by atoms with Gasteiger partial charge in [0.2, 0.25) is 0 Å². The molecule has 0 radical (unpaired) electrons. The zero-order chi connectivity index (χ0) is 13.1. The monoisotopic (exact) mass is 246 g/mol. The summed E-state index contributed by atoms with van der Waals surface area (Å²) in [4.78, 5) is 16.3. The molecule has 0 bridgehead atoms. The summed E-state index contributed by atoms with van der Waals surface area (Å²) >= 11 is 0. The molecule has 0 atom stereocenters. The lowest BCUT2D eigenvalue weighted by Crippen LogP contribution is -2.14. The number of carboxylic acid groups (broad SMARTS) is 1. The quantitative estimate of drug-likeness (QED) is 0.851. The Morgan fingerprint density at radius 2 is 2.06 bits per heavy atom. The van der Waals surface area contributed by atoms with Crippen molar-refractivity contribution in [1.82, 2.24) is 9.88 Å². The van der Waals surface area contributed by atoms with E-state index in [1.165, 1.54) is 0 Å². The minimum atomic E-state index is -0.883. The van der Waals surface area contributed by atoms with Crippen molar-refractivity contribution in [3.8, 4) is 0 Å². The number of benzene rings is 1. The molecule has 0 spiro atoms. The van der Waals surface area contributed by atoms with Gasteiger partial charge in [-0.3, -0.25) is 0 Å². The molecule has 18 heavy (non-hydrogen) atoms. The van der Waals surface area contributed by atoms with Gasteiger partial charge in [-0.05, 0) is 45.1 Å². The lowest BCUT2D eigenvalue weighted by molar-refractivity contribution is 0.0690. The van der Waals surface area contributed by atoms with Gasteiger partial charge in [0.25, 0.3) is 0 Å². The van der Waals surface area contributed by atoms with Crippen molar-refractivity contribution >= 4 is 16.9 Å². The van der Waals surface area contributed by atoms with Gasteiger partial charge in [-0.15, -0.1) is 0 Å². The molecule has 0 saturated carbocycles. The number of aryl methyl sites for hydroxylation is 1. The summed E-state index contributed by atoms with van der Waals surface area (Å²) in [5, 5.41) is 10.3. The fourth-order valence-corrected chi connectivity index (χ4v) is 2.21. The maximum Gasteiger partial charge on any atom is 0.352 e. The molecule has 0 aliphatic heterocycles. The van der Waals surface area contributed by atoms with Crippen LogP contribution in [0, 0.1) is 0 Å². The van der Waals surface area contributed by atoms with E-state index in [1.54, 1.807) is 0 Å². The van der Waals surface area contributed by atoms with E-state index < -0.39 is 5.97 Å².